The maximum absolute atomic E-state index is 10.6. The Morgan fingerprint density at radius 2 is 2.13 bits per heavy atom. The smallest absolute Gasteiger partial charge is 0.316 e. The van der Waals surface area contributed by atoms with Gasteiger partial charge in [-0.05, 0) is 37.0 Å². The normalized spacial score (nSPS) is 14.7. The molecule has 0 heterocycles. The summed E-state index contributed by atoms with van der Waals surface area (Å²) in [5, 5.41) is 5.88. The average molecular weight is 205 g/mol. The molecule has 4 heteroatoms. The summed E-state index contributed by atoms with van der Waals surface area (Å²) in [5.74, 6) is 0.831. The average Bonchev–Trinajstić information content (AvgIpc) is 2.97. The number of nitrogens with two attached hydrogens (primary N) is 1. The molecule has 0 atom stereocenters. The van der Waals surface area contributed by atoms with Crippen LogP contribution in [0.25, 0.3) is 0 Å². The highest BCUT2D eigenvalue weighted by molar-refractivity contribution is 5.88. The molecule has 4 nitrogen and oxygen atoms in total. The van der Waals surface area contributed by atoms with E-state index in [1.165, 1.54) is 12.8 Å². The van der Waals surface area contributed by atoms with Gasteiger partial charge in [0.05, 0.1) is 0 Å². The fourth-order valence-electron chi connectivity index (χ4n) is 1.43. The molecule has 1 saturated carbocycles. The highest BCUT2D eigenvalue weighted by Gasteiger charge is 2.20. The van der Waals surface area contributed by atoms with Gasteiger partial charge in [0, 0.05) is 17.9 Å². The lowest BCUT2D eigenvalue weighted by Gasteiger charge is -2.07. The van der Waals surface area contributed by atoms with E-state index in [9.17, 15) is 4.79 Å². The molecule has 0 saturated heterocycles. The van der Waals surface area contributed by atoms with Crippen molar-refractivity contribution in [1.29, 1.82) is 0 Å². The lowest BCUT2D eigenvalue weighted by Crippen LogP contribution is -2.19. The largest absolute Gasteiger partial charge is 0.385 e. The molecule has 0 spiro atoms. The summed E-state index contributed by atoms with van der Waals surface area (Å²) in [5.41, 5.74) is 6.78. The monoisotopic (exact) mass is 205 g/mol. The standard InChI is InChI=1S/C11H15N3O/c12-11(15)14-10-3-1-2-9(6-10)13-7-8-4-5-8/h1-3,6,8,13H,4-5,7H2,(H3,12,14,15). The van der Waals surface area contributed by atoms with Gasteiger partial charge in [-0.15, -0.1) is 0 Å². The van der Waals surface area contributed by atoms with Crippen LogP contribution in [-0.2, 0) is 0 Å². The van der Waals surface area contributed by atoms with E-state index in [1.54, 1.807) is 0 Å². The second kappa shape index (κ2) is 4.21. The van der Waals surface area contributed by atoms with Crippen molar-refractivity contribution in [2.75, 3.05) is 17.2 Å². The molecular formula is C11H15N3O. The second-order valence-corrected chi connectivity index (χ2v) is 3.89. The summed E-state index contributed by atoms with van der Waals surface area (Å²) in [7, 11) is 0. The summed E-state index contributed by atoms with van der Waals surface area (Å²) in [6, 6.07) is 7.03. The Balaban J connectivity index is 1.94. The van der Waals surface area contributed by atoms with Gasteiger partial charge in [0.1, 0.15) is 0 Å². The lowest BCUT2D eigenvalue weighted by atomic mass is 10.2. The molecule has 2 rings (SSSR count). The zero-order valence-electron chi connectivity index (χ0n) is 8.49. The molecule has 1 fully saturated rings. The molecule has 1 aliphatic rings. The Morgan fingerprint density at radius 1 is 1.40 bits per heavy atom. The van der Waals surface area contributed by atoms with Crippen LogP contribution >= 0.6 is 0 Å². The van der Waals surface area contributed by atoms with Gasteiger partial charge < -0.3 is 16.4 Å². The minimum atomic E-state index is -0.533. The quantitative estimate of drug-likeness (QED) is 0.703. The van der Waals surface area contributed by atoms with Crippen LogP contribution in [0.2, 0.25) is 0 Å². The van der Waals surface area contributed by atoms with Crippen LogP contribution < -0.4 is 16.4 Å². The highest BCUT2D eigenvalue weighted by Crippen LogP contribution is 2.29. The number of nitrogens with one attached hydrogen (secondary N) is 2. The Kier molecular flexibility index (Phi) is 2.76. The van der Waals surface area contributed by atoms with Gasteiger partial charge in [0.25, 0.3) is 0 Å². The number of primary amides is 1. The van der Waals surface area contributed by atoms with E-state index in [1.807, 2.05) is 24.3 Å². The van der Waals surface area contributed by atoms with E-state index in [2.05, 4.69) is 10.6 Å². The van der Waals surface area contributed by atoms with Crippen molar-refractivity contribution in [3.63, 3.8) is 0 Å². The topological polar surface area (TPSA) is 67.2 Å². The number of carbonyl (C=O) groups is 1. The molecule has 0 bridgehead atoms. The fourth-order valence-corrected chi connectivity index (χ4v) is 1.43. The number of rotatable bonds is 4. The van der Waals surface area contributed by atoms with Crippen molar-refractivity contribution in [1.82, 2.24) is 0 Å². The Bertz CT molecular complexity index is 361. The van der Waals surface area contributed by atoms with Crippen molar-refractivity contribution in [2.24, 2.45) is 11.7 Å². The predicted molar refractivity (Wildman–Crippen MR) is 60.9 cm³/mol. The maximum atomic E-state index is 10.6. The molecule has 15 heavy (non-hydrogen) atoms. The van der Waals surface area contributed by atoms with Gasteiger partial charge in [-0.25, -0.2) is 4.79 Å². The van der Waals surface area contributed by atoms with Crippen LogP contribution in [-0.4, -0.2) is 12.6 Å². The Morgan fingerprint density at radius 3 is 2.80 bits per heavy atom. The molecule has 2 amide bonds. The van der Waals surface area contributed by atoms with Crippen molar-refractivity contribution >= 4 is 17.4 Å². The highest BCUT2D eigenvalue weighted by atomic mass is 16.2. The summed E-state index contributed by atoms with van der Waals surface area (Å²) < 4.78 is 0. The zero-order chi connectivity index (χ0) is 10.7. The summed E-state index contributed by atoms with van der Waals surface area (Å²) in [6.07, 6.45) is 2.65. The van der Waals surface area contributed by atoms with Crippen molar-refractivity contribution < 1.29 is 4.79 Å². The van der Waals surface area contributed by atoms with Crippen LogP contribution in [0.3, 0.4) is 0 Å². The van der Waals surface area contributed by atoms with E-state index in [-0.39, 0.29) is 0 Å². The van der Waals surface area contributed by atoms with Gasteiger partial charge in [-0.3, -0.25) is 0 Å². The number of anilines is 2. The molecule has 0 aromatic heterocycles. The lowest BCUT2D eigenvalue weighted by molar-refractivity contribution is 0.259. The minimum absolute atomic E-state index is 0.533. The second-order valence-electron chi connectivity index (χ2n) is 3.89. The van der Waals surface area contributed by atoms with Crippen molar-refractivity contribution in [3.05, 3.63) is 24.3 Å². The third-order valence-electron chi connectivity index (χ3n) is 2.42. The summed E-state index contributed by atoms with van der Waals surface area (Å²) >= 11 is 0. The molecule has 80 valence electrons. The van der Waals surface area contributed by atoms with Crippen molar-refractivity contribution in [2.45, 2.75) is 12.8 Å². The third kappa shape index (κ3) is 3.16. The Labute approximate surface area is 88.9 Å². The van der Waals surface area contributed by atoms with E-state index in [4.69, 9.17) is 5.73 Å². The number of amides is 2. The molecule has 4 N–H and O–H groups in total. The van der Waals surface area contributed by atoms with Gasteiger partial charge in [0.2, 0.25) is 0 Å². The molecular weight excluding hydrogens is 190 g/mol. The first-order valence-electron chi connectivity index (χ1n) is 5.14. The number of hydrogen-bond acceptors (Lipinski definition) is 2. The Hall–Kier alpha value is -1.71. The fraction of sp³-hybridized carbons (Fsp3) is 0.364. The number of urea groups is 1. The van der Waals surface area contributed by atoms with Crippen LogP contribution in [0, 0.1) is 5.92 Å². The van der Waals surface area contributed by atoms with Gasteiger partial charge in [-0.2, -0.15) is 0 Å². The molecule has 1 aromatic rings. The number of carbonyl (C=O) groups excluding carboxylic acids is 1. The van der Waals surface area contributed by atoms with E-state index in [0.29, 0.717) is 0 Å². The predicted octanol–water partition coefficient (Wildman–Crippen LogP) is 2.00. The first-order valence-corrected chi connectivity index (χ1v) is 5.14. The van der Waals surface area contributed by atoms with E-state index < -0.39 is 6.03 Å². The van der Waals surface area contributed by atoms with Crippen LogP contribution in [0.4, 0.5) is 16.2 Å². The van der Waals surface area contributed by atoms with Crippen LogP contribution in [0.15, 0.2) is 24.3 Å². The molecule has 0 radical (unpaired) electrons. The molecule has 1 aromatic carbocycles. The first kappa shape index (κ1) is 9.83. The van der Waals surface area contributed by atoms with Gasteiger partial charge in [0.15, 0.2) is 0 Å². The number of hydrogen-bond donors (Lipinski definition) is 3. The molecule has 0 unspecified atom stereocenters. The minimum Gasteiger partial charge on any atom is -0.385 e. The van der Waals surface area contributed by atoms with Gasteiger partial charge >= 0.3 is 6.03 Å². The molecule has 1 aliphatic carbocycles. The van der Waals surface area contributed by atoms with Crippen LogP contribution in [0.5, 0.6) is 0 Å². The first-order chi connectivity index (χ1) is 7.24. The van der Waals surface area contributed by atoms with Crippen molar-refractivity contribution in [3.8, 4) is 0 Å². The SMILES string of the molecule is NC(=O)Nc1cccc(NCC2CC2)c1. The van der Waals surface area contributed by atoms with E-state index in [0.717, 1.165) is 23.8 Å². The summed E-state index contributed by atoms with van der Waals surface area (Å²) in [6.45, 7) is 1.01. The third-order valence-corrected chi connectivity index (χ3v) is 2.42. The summed E-state index contributed by atoms with van der Waals surface area (Å²) in [4.78, 5) is 10.6. The molecule has 0 aliphatic heterocycles. The van der Waals surface area contributed by atoms with E-state index >= 15 is 0 Å². The maximum Gasteiger partial charge on any atom is 0.316 e. The van der Waals surface area contributed by atoms with Crippen LogP contribution in [0.1, 0.15) is 12.8 Å². The zero-order valence-corrected chi connectivity index (χ0v) is 8.49. The number of benzene rings is 1. The van der Waals surface area contributed by atoms with Gasteiger partial charge in [-0.1, -0.05) is 6.07 Å².